The number of carbonyl (C=O) groups excluding carboxylic acids is 1. The van der Waals surface area contributed by atoms with E-state index in [1.54, 1.807) is 11.1 Å². The Morgan fingerprint density at radius 1 is 1.30 bits per heavy atom. The number of pyridine rings is 1. The normalized spacial score (nSPS) is 25.4. The van der Waals surface area contributed by atoms with Gasteiger partial charge < -0.3 is 14.6 Å². The number of carboxylic acid groups (broad SMARTS) is 1. The van der Waals surface area contributed by atoms with Crippen LogP contribution in [0.4, 0.5) is 19.0 Å². The van der Waals surface area contributed by atoms with Gasteiger partial charge in [0.15, 0.2) is 0 Å². The Labute approximate surface area is 171 Å². The van der Waals surface area contributed by atoms with Crippen LogP contribution in [-0.4, -0.2) is 84.6 Å². The first-order chi connectivity index (χ1) is 14.2. The highest BCUT2D eigenvalue weighted by Crippen LogP contribution is 2.32. The molecule has 1 aliphatic carbocycles. The average molecular weight is 431 g/mol. The molecule has 11 heteroatoms. The van der Waals surface area contributed by atoms with E-state index in [-0.39, 0.29) is 12.5 Å². The van der Waals surface area contributed by atoms with Crippen molar-refractivity contribution in [3.05, 3.63) is 24.4 Å². The third-order valence-electron chi connectivity index (χ3n) is 5.06. The lowest BCUT2D eigenvalue weighted by Crippen LogP contribution is -2.61. The molecule has 8 nitrogen and oxygen atoms in total. The van der Waals surface area contributed by atoms with Gasteiger partial charge >= 0.3 is 12.1 Å². The molecule has 1 atom stereocenters. The van der Waals surface area contributed by atoms with E-state index >= 15 is 0 Å². The number of anilines is 1. The SMILES string of the molecule is O=C(O)C(F)(F)F.O=C1COC2(COCCN(CC3CC3)C2)CN1c1ccccn1. The third-order valence-corrected chi connectivity index (χ3v) is 5.06. The second-order valence-corrected chi connectivity index (χ2v) is 7.67. The van der Waals surface area contributed by atoms with E-state index in [1.165, 1.54) is 12.8 Å². The zero-order valence-corrected chi connectivity index (χ0v) is 16.3. The molecular weight excluding hydrogens is 407 g/mol. The summed E-state index contributed by atoms with van der Waals surface area (Å²) >= 11 is 0. The minimum absolute atomic E-state index is 0.0349. The summed E-state index contributed by atoms with van der Waals surface area (Å²) < 4.78 is 43.5. The summed E-state index contributed by atoms with van der Waals surface area (Å²) in [4.78, 5) is 29.7. The fraction of sp³-hybridized carbons (Fsp3) is 0.632. The lowest BCUT2D eigenvalue weighted by atomic mass is 10.0. The molecule has 30 heavy (non-hydrogen) atoms. The number of carboxylic acids is 1. The van der Waals surface area contributed by atoms with Crippen molar-refractivity contribution >= 4 is 17.7 Å². The zero-order valence-electron chi connectivity index (χ0n) is 16.3. The quantitative estimate of drug-likeness (QED) is 0.777. The minimum atomic E-state index is -5.08. The van der Waals surface area contributed by atoms with Crippen molar-refractivity contribution in [1.82, 2.24) is 9.88 Å². The fourth-order valence-electron chi connectivity index (χ4n) is 3.43. The maximum absolute atomic E-state index is 12.3. The standard InChI is InChI=1S/C17H23N3O3.C2HF3O2/c21-16-10-23-17(12-20(16)15-3-1-2-6-18-15)11-19(7-8-22-13-17)9-14-4-5-14;3-2(4,5)1(6)7/h1-3,6,14H,4-5,7-13H2;(H,6,7). The largest absolute Gasteiger partial charge is 0.490 e. The first kappa shape index (κ1) is 22.4. The van der Waals surface area contributed by atoms with E-state index in [0.29, 0.717) is 19.0 Å². The maximum atomic E-state index is 12.3. The average Bonchev–Trinajstić information content (AvgIpc) is 3.53. The van der Waals surface area contributed by atoms with Crippen LogP contribution in [0.1, 0.15) is 12.8 Å². The smallest absolute Gasteiger partial charge is 0.475 e. The number of ether oxygens (including phenoxy) is 2. The van der Waals surface area contributed by atoms with Gasteiger partial charge in [0, 0.05) is 25.8 Å². The molecule has 1 amide bonds. The summed E-state index contributed by atoms with van der Waals surface area (Å²) in [6.45, 7) is 4.74. The highest BCUT2D eigenvalue weighted by molar-refractivity contribution is 5.94. The van der Waals surface area contributed by atoms with E-state index in [4.69, 9.17) is 19.4 Å². The summed E-state index contributed by atoms with van der Waals surface area (Å²) in [5, 5.41) is 7.12. The number of hydrogen-bond acceptors (Lipinski definition) is 6. The molecule has 0 radical (unpaired) electrons. The second kappa shape index (κ2) is 9.27. The first-order valence-electron chi connectivity index (χ1n) is 9.64. The highest BCUT2D eigenvalue weighted by atomic mass is 19.4. The van der Waals surface area contributed by atoms with E-state index in [2.05, 4.69) is 9.88 Å². The Bertz CT molecular complexity index is 745. The van der Waals surface area contributed by atoms with Crippen LogP contribution >= 0.6 is 0 Å². The summed E-state index contributed by atoms with van der Waals surface area (Å²) in [6.07, 6.45) is -0.693. The van der Waals surface area contributed by atoms with Gasteiger partial charge in [0.05, 0.1) is 19.8 Å². The zero-order chi connectivity index (χ0) is 21.8. The summed E-state index contributed by atoms with van der Waals surface area (Å²) in [6, 6.07) is 5.63. The van der Waals surface area contributed by atoms with Crippen LogP contribution < -0.4 is 4.90 Å². The van der Waals surface area contributed by atoms with Gasteiger partial charge in [-0.05, 0) is 30.9 Å². The van der Waals surface area contributed by atoms with Crippen molar-refractivity contribution in [1.29, 1.82) is 0 Å². The molecule has 3 fully saturated rings. The Morgan fingerprint density at radius 3 is 2.63 bits per heavy atom. The van der Waals surface area contributed by atoms with Crippen LogP contribution in [0, 0.1) is 5.92 Å². The Kier molecular flexibility index (Phi) is 6.94. The van der Waals surface area contributed by atoms with Gasteiger partial charge in [0.2, 0.25) is 0 Å². The number of alkyl halides is 3. The monoisotopic (exact) mass is 431 g/mol. The lowest BCUT2D eigenvalue weighted by Gasteiger charge is -2.42. The third kappa shape index (κ3) is 6.13. The van der Waals surface area contributed by atoms with Gasteiger partial charge in [-0.3, -0.25) is 14.6 Å². The summed E-state index contributed by atoms with van der Waals surface area (Å²) in [7, 11) is 0. The number of halogens is 3. The van der Waals surface area contributed by atoms with Gasteiger partial charge in [-0.15, -0.1) is 0 Å². The molecule has 0 bridgehead atoms. The topological polar surface area (TPSA) is 92.2 Å². The maximum Gasteiger partial charge on any atom is 0.490 e. The predicted octanol–water partition coefficient (Wildman–Crippen LogP) is 1.56. The van der Waals surface area contributed by atoms with Crippen LogP contribution in [0.5, 0.6) is 0 Å². The number of carbonyl (C=O) groups is 2. The molecule has 1 spiro atoms. The Hall–Kier alpha value is -2.24. The summed E-state index contributed by atoms with van der Waals surface area (Å²) in [5.41, 5.74) is -0.448. The molecule has 2 saturated heterocycles. The summed E-state index contributed by atoms with van der Waals surface area (Å²) in [5.74, 6) is -1.26. The predicted molar refractivity (Wildman–Crippen MR) is 98.9 cm³/mol. The van der Waals surface area contributed by atoms with Crippen LogP contribution in [0.3, 0.4) is 0 Å². The van der Waals surface area contributed by atoms with Gasteiger partial charge in [0.1, 0.15) is 18.0 Å². The van der Waals surface area contributed by atoms with E-state index < -0.39 is 17.7 Å². The van der Waals surface area contributed by atoms with Gasteiger partial charge in [0.25, 0.3) is 5.91 Å². The molecule has 2 aliphatic heterocycles. The molecule has 166 valence electrons. The minimum Gasteiger partial charge on any atom is -0.475 e. The van der Waals surface area contributed by atoms with Crippen LogP contribution in [0.25, 0.3) is 0 Å². The molecular formula is C19H24F3N3O5. The van der Waals surface area contributed by atoms with Crippen molar-refractivity contribution in [2.75, 3.05) is 50.9 Å². The van der Waals surface area contributed by atoms with E-state index in [9.17, 15) is 18.0 Å². The van der Waals surface area contributed by atoms with Crippen molar-refractivity contribution in [3.8, 4) is 0 Å². The number of aromatic nitrogens is 1. The second-order valence-electron chi connectivity index (χ2n) is 7.67. The van der Waals surface area contributed by atoms with Gasteiger partial charge in [-0.2, -0.15) is 13.2 Å². The fourth-order valence-corrected chi connectivity index (χ4v) is 3.43. The number of amides is 1. The molecule has 3 aliphatic rings. The molecule has 1 saturated carbocycles. The highest BCUT2D eigenvalue weighted by Gasteiger charge is 2.44. The molecule has 1 unspecified atom stereocenters. The first-order valence-corrected chi connectivity index (χ1v) is 9.64. The van der Waals surface area contributed by atoms with Crippen molar-refractivity contribution in [3.63, 3.8) is 0 Å². The molecule has 4 rings (SSSR count). The number of hydrogen-bond donors (Lipinski definition) is 1. The van der Waals surface area contributed by atoms with Gasteiger partial charge in [-0.25, -0.2) is 9.78 Å². The Balaban J connectivity index is 0.000000318. The van der Waals surface area contributed by atoms with Crippen LogP contribution in [0.2, 0.25) is 0 Å². The lowest BCUT2D eigenvalue weighted by molar-refractivity contribution is -0.192. The molecule has 0 aromatic carbocycles. The molecule has 1 aromatic heterocycles. The van der Waals surface area contributed by atoms with Crippen molar-refractivity contribution in [2.45, 2.75) is 24.6 Å². The molecule has 3 heterocycles. The van der Waals surface area contributed by atoms with E-state index in [0.717, 1.165) is 32.2 Å². The molecule has 1 N–H and O–H groups in total. The number of nitrogens with zero attached hydrogens (tertiary/aromatic N) is 3. The number of aliphatic carboxylic acids is 1. The van der Waals surface area contributed by atoms with Crippen LogP contribution in [0.15, 0.2) is 24.4 Å². The number of morpholine rings is 1. The number of rotatable bonds is 3. The van der Waals surface area contributed by atoms with E-state index in [1.807, 2.05) is 18.2 Å². The van der Waals surface area contributed by atoms with Crippen molar-refractivity contribution in [2.24, 2.45) is 5.92 Å². The molecule has 1 aromatic rings. The van der Waals surface area contributed by atoms with Gasteiger partial charge in [-0.1, -0.05) is 6.07 Å². The van der Waals surface area contributed by atoms with Crippen molar-refractivity contribution < 1.29 is 37.3 Å². The van der Waals surface area contributed by atoms with Crippen LogP contribution in [-0.2, 0) is 19.1 Å². The Morgan fingerprint density at radius 2 is 2.03 bits per heavy atom.